The summed E-state index contributed by atoms with van der Waals surface area (Å²) >= 11 is 3.50. The van der Waals surface area contributed by atoms with Gasteiger partial charge in [-0.1, -0.05) is 88.9 Å². The van der Waals surface area contributed by atoms with Gasteiger partial charge < -0.3 is 10.2 Å². The van der Waals surface area contributed by atoms with Crippen molar-refractivity contribution in [3.8, 4) is 0 Å². The molecule has 10 heteroatoms. The molecule has 1 saturated carbocycles. The van der Waals surface area contributed by atoms with Crippen molar-refractivity contribution >= 4 is 43.5 Å². The van der Waals surface area contributed by atoms with Crippen molar-refractivity contribution in [1.82, 2.24) is 10.2 Å². The number of halogens is 2. The standard InChI is InChI=1S/C36H37BrFN3O4S/c1-26-14-18-32(19-15-26)41(46(44,45)33-20-16-30(38)17-21-33)25-35(42)40(24-28-10-7-11-29(37)22-28)34(23-27-8-3-2-4-9-27)36(43)39-31-12-5-6-13-31/h2-4,7-11,14-22,31,34H,5-6,12-13,23-25H2,1H3,(H,39,43)/t34-/m1/s1. The van der Waals surface area contributed by atoms with Crippen LogP contribution in [0, 0.1) is 12.7 Å². The van der Waals surface area contributed by atoms with Crippen LogP contribution >= 0.6 is 15.9 Å². The third-order valence-electron chi connectivity index (χ3n) is 8.22. The molecule has 0 aromatic heterocycles. The highest BCUT2D eigenvalue weighted by Crippen LogP contribution is 2.26. The second kappa shape index (κ2) is 15.0. The van der Waals surface area contributed by atoms with Gasteiger partial charge in [-0.05, 0) is 79.4 Å². The van der Waals surface area contributed by atoms with Gasteiger partial charge in [-0.2, -0.15) is 0 Å². The van der Waals surface area contributed by atoms with Gasteiger partial charge in [-0.15, -0.1) is 0 Å². The molecule has 0 unspecified atom stereocenters. The lowest BCUT2D eigenvalue weighted by Gasteiger charge is -2.34. The van der Waals surface area contributed by atoms with E-state index in [4.69, 9.17) is 0 Å². The van der Waals surface area contributed by atoms with Crippen LogP contribution in [0.4, 0.5) is 10.1 Å². The number of carbonyl (C=O) groups is 2. The number of amides is 2. The van der Waals surface area contributed by atoms with Gasteiger partial charge in [-0.3, -0.25) is 13.9 Å². The van der Waals surface area contributed by atoms with E-state index in [-0.39, 0.29) is 35.5 Å². The van der Waals surface area contributed by atoms with E-state index in [1.54, 1.807) is 24.3 Å². The minimum absolute atomic E-state index is 0.0245. The van der Waals surface area contributed by atoms with Crippen LogP contribution < -0.4 is 9.62 Å². The van der Waals surface area contributed by atoms with Gasteiger partial charge in [0, 0.05) is 23.5 Å². The van der Waals surface area contributed by atoms with Crippen molar-refractivity contribution in [1.29, 1.82) is 0 Å². The molecule has 2 amide bonds. The monoisotopic (exact) mass is 705 g/mol. The van der Waals surface area contributed by atoms with Crippen LogP contribution in [0.3, 0.4) is 0 Å². The summed E-state index contributed by atoms with van der Waals surface area (Å²) in [5, 5.41) is 3.17. The quantitative estimate of drug-likeness (QED) is 0.176. The Balaban J connectivity index is 1.56. The van der Waals surface area contributed by atoms with Gasteiger partial charge in [0.1, 0.15) is 18.4 Å². The average Bonchev–Trinajstić information content (AvgIpc) is 3.55. The number of nitrogens with one attached hydrogen (secondary N) is 1. The number of aryl methyl sites for hydroxylation is 1. The van der Waals surface area contributed by atoms with E-state index >= 15 is 0 Å². The van der Waals surface area contributed by atoms with Crippen LogP contribution in [-0.4, -0.2) is 43.8 Å². The number of anilines is 1. The molecule has 4 aromatic rings. The minimum Gasteiger partial charge on any atom is -0.352 e. The molecule has 1 N–H and O–H groups in total. The Morgan fingerprint density at radius 1 is 0.891 bits per heavy atom. The zero-order valence-corrected chi connectivity index (χ0v) is 28.0. The topological polar surface area (TPSA) is 86.8 Å². The van der Waals surface area contributed by atoms with Crippen LogP contribution in [0.25, 0.3) is 0 Å². The maximum absolute atomic E-state index is 14.6. The van der Waals surface area contributed by atoms with Crippen LogP contribution in [0.1, 0.15) is 42.4 Å². The Hall–Kier alpha value is -4.02. The minimum atomic E-state index is -4.30. The summed E-state index contributed by atoms with van der Waals surface area (Å²) in [4.78, 5) is 30.0. The molecule has 46 heavy (non-hydrogen) atoms. The van der Waals surface area contributed by atoms with E-state index in [9.17, 15) is 22.4 Å². The highest BCUT2D eigenvalue weighted by atomic mass is 79.9. The van der Waals surface area contributed by atoms with Crippen molar-refractivity contribution in [2.24, 2.45) is 0 Å². The first-order valence-corrected chi connectivity index (χ1v) is 17.6. The second-order valence-electron chi connectivity index (χ2n) is 11.6. The first-order chi connectivity index (χ1) is 22.1. The summed E-state index contributed by atoms with van der Waals surface area (Å²) in [6, 6.07) is 27.4. The first kappa shape index (κ1) is 33.3. The number of carbonyl (C=O) groups excluding carboxylic acids is 2. The number of hydrogen-bond donors (Lipinski definition) is 1. The van der Waals surface area contributed by atoms with Gasteiger partial charge in [-0.25, -0.2) is 12.8 Å². The molecule has 0 aliphatic heterocycles. The first-order valence-electron chi connectivity index (χ1n) is 15.3. The third kappa shape index (κ3) is 8.41. The summed E-state index contributed by atoms with van der Waals surface area (Å²) in [7, 11) is -4.30. The number of benzene rings is 4. The Labute approximate surface area is 278 Å². The van der Waals surface area contributed by atoms with Crippen molar-refractivity contribution in [2.45, 2.75) is 62.6 Å². The fraction of sp³-hybridized carbons (Fsp3) is 0.278. The highest BCUT2D eigenvalue weighted by molar-refractivity contribution is 9.10. The van der Waals surface area contributed by atoms with E-state index in [1.165, 1.54) is 17.0 Å². The molecule has 240 valence electrons. The molecule has 0 radical (unpaired) electrons. The summed E-state index contributed by atoms with van der Waals surface area (Å²) in [6.07, 6.45) is 4.05. The maximum atomic E-state index is 14.6. The molecule has 0 heterocycles. The fourth-order valence-corrected chi connectivity index (χ4v) is 7.59. The summed E-state index contributed by atoms with van der Waals surface area (Å²) in [5.41, 5.74) is 2.84. The van der Waals surface area contributed by atoms with Gasteiger partial charge in [0.15, 0.2) is 0 Å². The Bertz CT molecular complexity index is 1750. The molecule has 5 rings (SSSR count). The largest absolute Gasteiger partial charge is 0.352 e. The maximum Gasteiger partial charge on any atom is 0.264 e. The molecule has 1 fully saturated rings. The van der Waals surface area contributed by atoms with Crippen molar-refractivity contribution < 1.29 is 22.4 Å². The number of hydrogen-bond acceptors (Lipinski definition) is 4. The Morgan fingerprint density at radius 3 is 2.20 bits per heavy atom. The summed E-state index contributed by atoms with van der Waals surface area (Å²) in [5.74, 6) is -1.40. The van der Waals surface area contributed by atoms with Gasteiger partial charge >= 0.3 is 0 Å². The van der Waals surface area contributed by atoms with Gasteiger partial charge in [0.25, 0.3) is 10.0 Å². The molecule has 0 bridgehead atoms. The number of nitrogens with zero attached hydrogens (tertiary/aromatic N) is 2. The van der Waals surface area contributed by atoms with Gasteiger partial charge in [0.05, 0.1) is 10.6 Å². The molecule has 7 nitrogen and oxygen atoms in total. The normalized spacial score (nSPS) is 14.1. The SMILES string of the molecule is Cc1ccc(N(CC(=O)N(Cc2cccc(Br)c2)[C@H](Cc2ccccc2)C(=O)NC2CCCC2)S(=O)(=O)c2ccc(F)cc2)cc1. The van der Waals surface area contributed by atoms with E-state index in [1.807, 2.05) is 61.5 Å². The molecular formula is C36H37BrFN3O4S. The van der Waals surface area contributed by atoms with E-state index < -0.39 is 34.3 Å². The Morgan fingerprint density at radius 2 is 1.54 bits per heavy atom. The molecule has 1 aliphatic carbocycles. The smallest absolute Gasteiger partial charge is 0.264 e. The van der Waals surface area contributed by atoms with Crippen molar-refractivity contribution in [2.75, 3.05) is 10.8 Å². The molecular weight excluding hydrogens is 669 g/mol. The molecule has 1 aliphatic rings. The highest BCUT2D eigenvalue weighted by Gasteiger charge is 2.35. The van der Waals surface area contributed by atoms with Crippen LogP contribution in [0.5, 0.6) is 0 Å². The van der Waals surface area contributed by atoms with Crippen LogP contribution in [0.2, 0.25) is 0 Å². The lowest BCUT2D eigenvalue weighted by Crippen LogP contribution is -2.54. The fourth-order valence-electron chi connectivity index (χ4n) is 5.73. The van der Waals surface area contributed by atoms with Crippen molar-refractivity contribution in [3.05, 3.63) is 130 Å². The number of rotatable bonds is 12. The van der Waals surface area contributed by atoms with Gasteiger partial charge in [0.2, 0.25) is 11.8 Å². The second-order valence-corrected chi connectivity index (χ2v) is 14.4. The molecule has 0 spiro atoms. The van der Waals surface area contributed by atoms with Crippen LogP contribution in [-0.2, 0) is 32.6 Å². The van der Waals surface area contributed by atoms with E-state index in [2.05, 4.69) is 21.2 Å². The van der Waals surface area contributed by atoms with Crippen molar-refractivity contribution in [3.63, 3.8) is 0 Å². The number of sulfonamides is 1. The Kier molecular flexibility index (Phi) is 10.9. The van der Waals surface area contributed by atoms with E-state index in [0.717, 1.165) is 63.3 Å². The molecule has 0 saturated heterocycles. The third-order valence-corrected chi connectivity index (χ3v) is 10.5. The zero-order valence-electron chi connectivity index (χ0n) is 25.6. The van der Waals surface area contributed by atoms with E-state index in [0.29, 0.717) is 0 Å². The average molecular weight is 707 g/mol. The zero-order chi connectivity index (χ0) is 32.7. The lowest BCUT2D eigenvalue weighted by atomic mass is 10.0. The molecule has 1 atom stereocenters. The molecule has 4 aromatic carbocycles. The predicted octanol–water partition coefficient (Wildman–Crippen LogP) is 6.79. The lowest BCUT2D eigenvalue weighted by molar-refractivity contribution is -0.140. The predicted molar refractivity (Wildman–Crippen MR) is 181 cm³/mol. The summed E-state index contributed by atoms with van der Waals surface area (Å²) in [6.45, 7) is 1.38. The summed E-state index contributed by atoms with van der Waals surface area (Å²) < 4.78 is 43.7. The van der Waals surface area contributed by atoms with Crippen LogP contribution in [0.15, 0.2) is 112 Å².